The van der Waals surface area contributed by atoms with E-state index in [1.807, 2.05) is 14.1 Å². The van der Waals surface area contributed by atoms with Crippen molar-refractivity contribution in [2.45, 2.75) is 12.5 Å². The molecule has 1 unspecified atom stereocenters. The van der Waals surface area contributed by atoms with Gasteiger partial charge in [0.05, 0.1) is 16.7 Å². The minimum Gasteiger partial charge on any atom is -0.378 e. The number of nitrogens with one attached hydrogen (secondary N) is 1. The van der Waals surface area contributed by atoms with Crippen molar-refractivity contribution < 1.29 is 4.92 Å². The van der Waals surface area contributed by atoms with Crippen molar-refractivity contribution in [1.82, 2.24) is 5.43 Å². The number of nitrogens with zero attached hydrogens (tertiary/aromatic N) is 3. The zero-order valence-corrected chi connectivity index (χ0v) is 13.1. The van der Waals surface area contributed by atoms with Gasteiger partial charge in [0.25, 0.3) is 5.69 Å². The van der Waals surface area contributed by atoms with E-state index in [1.54, 1.807) is 12.1 Å². The Bertz CT molecular complexity index is 736. The summed E-state index contributed by atoms with van der Waals surface area (Å²) in [7, 11) is 4.03. The van der Waals surface area contributed by atoms with Crippen LogP contribution in [0.4, 0.5) is 11.4 Å². The van der Waals surface area contributed by atoms with Crippen LogP contribution in [0.3, 0.4) is 0 Å². The second-order valence-electron chi connectivity index (χ2n) is 5.73. The van der Waals surface area contributed by atoms with E-state index in [1.165, 1.54) is 17.7 Å². The highest BCUT2D eigenvalue weighted by molar-refractivity contribution is 6.01. The minimum atomic E-state index is -0.395. The van der Waals surface area contributed by atoms with Gasteiger partial charge in [-0.15, -0.1) is 0 Å². The summed E-state index contributed by atoms with van der Waals surface area (Å²) >= 11 is 0. The fourth-order valence-corrected chi connectivity index (χ4v) is 2.60. The van der Waals surface area contributed by atoms with E-state index >= 15 is 0 Å². The molecule has 6 nitrogen and oxygen atoms in total. The van der Waals surface area contributed by atoms with Crippen molar-refractivity contribution in [2.75, 3.05) is 19.0 Å². The first kappa shape index (κ1) is 15.0. The lowest BCUT2D eigenvalue weighted by Gasteiger charge is -2.15. The summed E-state index contributed by atoms with van der Waals surface area (Å²) in [6, 6.07) is 15.0. The highest BCUT2D eigenvalue weighted by Gasteiger charge is 2.21. The number of nitro groups is 1. The molecule has 0 aliphatic carbocycles. The van der Waals surface area contributed by atoms with Crippen LogP contribution in [0.5, 0.6) is 0 Å². The van der Waals surface area contributed by atoms with Crippen LogP contribution in [-0.4, -0.2) is 24.7 Å². The molecule has 1 aliphatic heterocycles. The Morgan fingerprint density at radius 1 is 1.13 bits per heavy atom. The molecule has 1 heterocycles. The first-order valence-electron chi connectivity index (χ1n) is 7.39. The molecule has 0 saturated carbocycles. The van der Waals surface area contributed by atoms with Crippen LogP contribution in [0.25, 0.3) is 0 Å². The zero-order chi connectivity index (χ0) is 16.4. The molecule has 0 aromatic heterocycles. The predicted octanol–water partition coefficient (Wildman–Crippen LogP) is 3.10. The third-order valence-corrected chi connectivity index (χ3v) is 3.98. The smallest absolute Gasteiger partial charge is 0.269 e. The van der Waals surface area contributed by atoms with Crippen molar-refractivity contribution in [1.29, 1.82) is 0 Å². The number of rotatable bonds is 4. The molecule has 1 aliphatic rings. The van der Waals surface area contributed by atoms with E-state index in [2.05, 4.69) is 39.7 Å². The number of hydrogen-bond acceptors (Lipinski definition) is 5. The van der Waals surface area contributed by atoms with Gasteiger partial charge in [-0.2, -0.15) is 5.10 Å². The van der Waals surface area contributed by atoms with Crippen LogP contribution in [0.1, 0.15) is 23.6 Å². The molecule has 0 radical (unpaired) electrons. The summed E-state index contributed by atoms with van der Waals surface area (Å²) in [6.07, 6.45) is 0.763. The SMILES string of the molecule is CN(C)c1ccc(C2CC(c3ccc([N+](=O)[O-])cc3)=NN2)cc1. The van der Waals surface area contributed by atoms with Crippen LogP contribution in [0.15, 0.2) is 53.6 Å². The van der Waals surface area contributed by atoms with E-state index in [0.29, 0.717) is 0 Å². The quantitative estimate of drug-likeness (QED) is 0.696. The second-order valence-corrected chi connectivity index (χ2v) is 5.73. The van der Waals surface area contributed by atoms with Crippen molar-refractivity contribution in [2.24, 2.45) is 5.10 Å². The molecule has 3 rings (SSSR count). The summed E-state index contributed by atoms with van der Waals surface area (Å²) in [5, 5.41) is 15.1. The molecule has 118 valence electrons. The molecule has 0 saturated heterocycles. The van der Waals surface area contributed by atoms with Gasteiger partial charge in [-0.3, -0.25) is 10.1 Å². The maximum Gasteiger partial charge on any atom is 0.269 e. The molecule has 1 atom stereocenters. The molecule has 1 N–H and O–H groups in total. The molecule has 0 fully saturated rings. The van der Waals surface area contributed by atoms with Crippen molar-refractivity contribution in [3.63, 3.8) is 0 Å². The zero-order valence-electron chi connectivity index (χ0n) is 13.1. The predicted molar refractivity (Wildman–Crippen MR) is 90.9 cm³/mol. The summed E-state index contributed by atoms with van der Waals surface area (Å²) < 4.78 is 0. The Hall–Kier alpha value is -2.89. The number of benzene rings is 2. The van der Waals surface area contributed by atoms with Crippen molar-refractivity contribution in [3.05, 3.63) is 69.8 Å². The maximum absolute atomic E-state index is 10.7. The fraction of sp³-hybridized carbons (Fsp3) is 0.235. The van der Waals surface area contributed by atoms with E-state index < -0.39 is 4.92 Å². The van der Waals surface area contributed by atoms with Crippen molar-refractivity contribution in [3.8, 4) is 0 Å². The first-order valence-corrected chi connectivity index (χ1v) is 7.39. The lowest BCUT2D eigenvalue weighted by atomic mass is 9.99. The average Bonchev–Trinajstić information content (AvgIpc) is 3.05. The van der Waals surface area contributed by atoms with Gasteiger partial charge < -0.3 is 10.3 Å². The third kappa shape index (κ3) is 3.15. The Morgan fingerprint density at radius 3 is 2.35 bits per heavy atom. The maximum atomic E-state index is 10.7. The molecule has 0 bridgehead atoms. The van der Waals surface area contributed by atoms with Crippen LogP contribution in [0.2, 0.25) is 0 Å². The van der Waals surface area contributed by atoms with Crippen LogP contribution in [-0.2, 0) is 0 Å². The largest absolute Gasteiger partial charge is 0.378 e. The number of anilines is 1. The molecule has 2 aromatic rings. The van der Waals surface area contributed by atoms with Gasteiger partial charge in [0.2, 0.25) is 0 Å². The number of hydrogen-bond donors (Lipinski definition) is 1. The Morgan fingerprint density at radius 2 is 1.78 bits per heavy atom. The topological polar surface area (TPSA) is 70.8 Å². The van der Waals surface area contributed by atoms with Crippen LogP contribution in [0, 0.1) is 10.1 Å². The lowest BCUT2D eigenvalue weighted by Crippen LogP contribution is -2.11. The number of nitro benzene ring substituents is 1. The van der Waals surface area contributed by atoms with Gasteiger partial charge in [0.15, 0.2) is 0 Å². The minimum absolute atomic E-state index is 0.0936. The van der Waals surface area contributed by atoms with E-state index in [0.717, 1.165) is 23.4 Å². The second kappa shape index (κ2) is 6.08. The van der Waals surface area contributed by atoms with E-state index in [-0.39, 0.29) is 11.7 Å². The average molecular weight is 310 g/mol. The van der Waals surface area contributed by atoms with E-state index in [9.17, 15) is 10.1 Å². The molecular weight excluding hydrogens is 292 g/mol. The van der Waals surface area contributed by atoms with Crippen LogP contribution < -0.4 is 10.3 Å². The molecular formula is C17H18N4O2. The Labute approximate surface area is 134 Å². The summed E-state index contributed by atoms with van der Waals surface area (Å²) in [5.41, 5.74) is 7.41. The Balaban J connectivity index is 1.71. The summed E-state index contributed by atoms with van der Waals surface area (Å²) in [5.74, 6) is 0. The number of hydrazone groups is 1. The summed E-state index contributed by atoms with van der Waals surface area (Å²) in [4.78, 5) is 12.4. The highest BCUT2D eigenvalue weighted by atomic mass is 16.6. The van der Waals surface area contributed by atoms with Gasteiger partial charge in [-0.25, -0.2) is 0 Å². The Kier molecular flexibility index (Phi) is 3.97. The van der Waals surface area contributed by atoms with Gasteiger partial charge in [0.1, 0.15) is 0 Å². The van der Waals surface area contributed by atoms with Crippen LogP contribution >= 0.6 is 0 Å². The molecule has 23 heavy (non-hydrogen) atoms. The lowest BCUT2D eigenvalue weighted by molar-refractivity contribution is -0.384. The van der Waals surface area contributed by atoms with Gasteiger partial charge in [-0.1, -0.05) is 12.1 Å². The molecule has 0 spiro atoms. The highest BCUT2D eigenvalue weighted by Crippen LogP contribution is 2.26. The van der Waals surface area contributed by atoms with Gasteiger partial charge >= 0.3 is 0 Å². The standard InChI is InChI=1S/C17H18N4O2/c1-20(2)14-7-3-12(4-8-14)16-11-17(19-18-16)13-5-9-15(10-6-13)21(22)23/h3-10,16,18H,11H2,1-2H3. The van der Waals surface area contributed by atoms with Crippen molar-refractivity contribution >= 4 is 17.1 Å². The monoisotopic (exact) mass is 310 g/mol. The number of non-ortho nitro benzene ring substituents is 1. The van der Waals surface area contributed by atoms with Gasteiger partial charge in [0, 0.05) is 38.3 Å². The first-order chi connectivity index (χ1) is 11.0. The van der Waals surface area contributed by atoms with Gasteiger partial charge in [-0.05, 0) is 35.4 Å². The third-order valence-electron chi connectivity index (χ3n) is 3.98. The normalized spacial score (nSPS) is 16.6. The molecule has 0 amide bonds. The fourth-order valence-electron chi connectivity index (χ4n) is 2.60. The molecule has 2 aromatic carbocycles. The van der Waals surface area contributed by atoms with E-state index in [4.69, 9.17) is 0 Å². The molecule has 6 heteroatoms. The summed E-state index contributed by atoms with van der Waals surface area (Å²) in [6.45, 7) is 0.